The zero-order valence-electron chi connectivity index (χ0n) is 12.5. The van der Waals surface area contributed by atoms with Gasteiger partial charge in [0.15, 0.2) is 0 Å². The second-order valence-corrected chi connectivity index (χ2v) is 6.40. The van der Waals surface area contributed by atoms with E-state index in [0.717, 1.165) is 29.0 Å². The highest BCUT2D eigenvalue weighted by atomic mass is 16.5. The summed E-state index contributed by atoms with van der Waals surface area (Å²) in [5.74, 6) is 1.28. The molecule has 0 fully saturated rings. The van der Waals surface area contributed by atoms with Crippen LogP contribution in [0.15, 0.2) is 6.07 Å². The van der Waals surface area contributed by atoms with Crippen LogP contribution in [-0.2, 0) is 11.2 Å². The Kier molecular flexibility index (Phi) is 2.83. The van der Waals surface area contributed by atoms with Gasteiger partial charge in [-0.1, -0.05) is 13.8 Å². The van der Waals surface area contributed by atoms with Gasteiger partial charge in [-0.15, -0.1) is 0 Å². The number of amides is 1. The number of nitrogens with one attached hydrogen (secondary N) is 1. The minimum Gasteiger partial charge on any atom is -0.485 e. The van der Waals surface area contributed by atoms with Gasteiger partial charge < -0.3 is 15.8 Å². The van der Waals surface area contributed by atoms with Crippen LogP contribution in [0.5, 0.6) is 5.75 Å². The quantitative estimate of drug-likeness (QED) is 0.826. The van der Waals surface area contributed by atoms with Crippen LogP contribution in [0.4, 0.5) is 5.69 Å². The van der Waals surface area contributed by atoms with Crippen molar-refractivity contribution >= 4 is 11.6 Å². The van der Waals surface area contributed by atoms with Gasteiger partial charge in [-0.2, -0.15) is 0 Å². The smallest absolute Gasteiger partial charge is 0.227 e. The number of anilines is 1. The molecule has 2 aliphatic rings. The summed E-state index contributed by atoms with van der Waals surface area (Å²) in [4.78, 5) is 11.9. The molecule has 3 unspecified atom stereocenters. The summed E-state index contributed by atoms with van der Waals surface area (Å²) in [7, 11) is 0. The van der Waals surface area contributed by atoms with E-state index in [1.807, 2.05) is 13.8 Å². The lowest BCUT2D eigenvalue weighted by Crippen LogP contribution is -2.41. The van der Waals surface area contributed by atoms with E-state index in [1.165, 1.54) is 5.56 Å². The molecular weight excluding hydrogens is 252 g/mol. The lowest BCUT2D eigenvalue weighted by atomic mass is 9.84. The van der Waals surface area contributed by atoms with Crippen molar-refractivity contribution in [2.24, 2.45) is 11.7 Å². The van der Waals surface area contributed by atoms with Crippen LogP contribution >= 0.6 is 0 Å². The van der Waals surface area contributed by atoms with Gasteiger partial charge in [0.2, 0.25) is 5.91 Å². The summed E-state index contributed by atoms with van der Waals surface area (Å²) in [6.45, 7) is 8.70. The van der Waals surface area contributed by atoms with Gasteiger partial charge in [-0.3, -0.25) is 4.79 Å². The molecule has 1 amide bonds. The number of fused-ring (bicyclic) bond motifs is 3. The summed E-state index contributed by atoms with van der Waals surface area (Å²) in [5, 5.41) is 3.02. The molecule has 3 atom stereocenters. The number of aryl methyl sites for hydroxylation is 1. The van der Waals surface area contributed by atoms with Crippen molar-refractivity contribution in [1.29, 1.82) is 0 Å². The Labute approximate surface area is 119 Å². The Bertz CT molecular complexity index is 597. The van der Waals surface area contributed by atoms with Crippen molar-refractivity contribution < 1.29 is 9.53 Å². The van der Waals surface area contributed by atoms with Crippen molar-refractivity contribution in [1.82, 2.24) is 0 Å². The van der Waals surface area contributed by atoms with Crippen molar-refractivity contribution in [3.8, 4) is 5.75 Å². The number of hydrogen-bond donors (Lipinski definition) is 2. The van der Waals surface area contributed by atoms with Crippen LogP contribution in [0.1, 0.15) is 43.4 Å². The Morgan fingerprint density at radius 3 is 2.85 bits per heavy atom. The molecule has 0 saturated carbocycles. The monoisotopic (exact) mass is 274 g/mol. The second-order valence-electron chi connectivity index (χ2n) is 6.40. The first-order valence-electron chi connectivity index (χ1n) is 7.23. The fraction of sp³-hybridized carbons (Fsp3) is 0.562. The van der Waals surface area contributed by atoms with Crippen molar-refractivity contribution in [2.45, 2.75) is 45.6 Å². The molecule has 4 heteroatoms. The van der Waals surface area contributed by atoms with Crippen LogP contribution in [0.25, 0.3) is 0 Å². The molecule has 3 rings (SSSR count). The number of carbonyl (C=O) groups is 1. The maximum atomic E-state index is 11.9. The van der Waals surface area contributed by atoms with E-state index in [0.29, 0.717) is 6.54 Å². The summed E-state index contributed by atoms with van der Waals surface area (Å²) in [6, 6.07) is 2.13. The normalized spacial score (nSPS) is 31.4. The maximum absolute atomic E-state index is 11.9. The number of rotatable bonds is 1. The minimum atomic E-state index is -0.353. The topological polar surface area (TPSA) is 64.3 Å². The molecule has 20 heavy (non-hydrogen) atoms. The molecule has 2 heterocycles. The van der Waals surface area contributed by atoms with Gasteiger partial charge in [-0.25, -0.2) is 0 Å². The van der Waals surface area contributed by atoms with Gasteiger partial charge in [0.25, 0.3) is 0 Å². The van der Waals surface area contributed by atoms with Crippen LogP contribution in [0.2, 0.25) is 0 Å². The third kappa shape index (κ3) is 1.67. The van der Waals surface area contributed by atoms with E-state index in [9.17, 15) is 4.79 Å². The zero-order chi connectivity index (χ0) is 14.7. The average molecular weight is 274 g/mol. The first kappa shape index (κ1) is 13.4. The fourth-order valence-corrected chi connectivity index (χ4v) is 3.22. The third-order valence-electron chi connectivity index (χ3n) is 4.93. The molecule has 108 valence electrons. The van der Waals surface area contributed by atoms with E-state index < -0.39 is 0 Å². The first-order valence-corrected chi connectivity index (χ1v) is 7.23. The highest BCUT2D eigenvalue weighted by Crippen LogP contribution is 2.50. The Hall–Kier alpha value is -1.55. The molecule has 0 saturated heterocycles. The van der Waals surface area contributed by atoms with Gasteiger partial charge in [0, 0.05) is 29.5 Å². The van der Waals surface area contributed by atoms with E-state index >= 15 is 0 Å². The standard InChI is InChI=1S/C16H22N2O2/c1-8-5-11-10(3)16(4,7-17)20-14(11)12-6-9(2)15(19)18-13(8)12/h5,9-10H,6-7,17H2,1-4H3,(H,18,19). The Balaban J connectivity index is 2.17. The fourth-order valence-electron chi connectivity index (χ4n) is 3.22. The lowest BCUT2D eigenvalue weighted by Gasteiger charge is -2.28. The number of hydrogen-bond acceptors (Lipinski definition) is 3. The van der Waals surface area contributed by atoms with Gasteiger partial charge in [-0.05, 0) is 31.9 Å². The maximum Gasteiger partial charge on any atom is 0.227 e. The van der Waals surface area contributed by atoms with Crippen LogP contribution in [-0.4, -0.2) is 18.1 Å². The van der Waals surface area contributed by atoms with E-state index in [1.54, 1.807) is 0 Å². The van der Waals surface area contributed by atoms with E-state index in [2.05, 4.69) is 25.2 Å². The van der Waals surface area contributed by atoms with Crippen molar-refractivity contribution in [3.63, 3.8) is 0 Å². The molecule has 1 aromatic rings. The molecule has 0 radical (unpaired) electrons. The number of carbonyl (C=O) groups excluding carboxylic acids is 1. The molecule has 0 aliphatic carbocycles. The van der Waals surface area contributed by atoms with Crippen molar-refractivity contribution in [3.05, 3.63) is 22.8 Å². The minimum absolute atomic E-state index is 0.0166. The first-order chi connectivity index (χ1) is 9.37. The molecule has 4 nitrogen and oxygen atoms in total. The Morgan fingerprint density at radius 1 is 1.50 bits per heavy atom. The molecule has 2 aliphatic heterocycles. The molecule has 0 spiro atoms. The second kappa shape index (κ2) is 4.22. The molecular formula is C16H22N2O2. The highest BCUT2D eigenvalue weighted by Gasteiger charge is 2.44. The number of ether oxygens (including phenoxy) is 1. The Morgan fingerprint density at radius 2 is 2.20 bits per heavy atom. The third-order valence-corrected chi connectivity index (χ3v) is 4.93. The molecule has 3 N–H and O–H groups in total. The largest absolute Gasteiger partial charge is 0.485 e. The van der Waals surface area contributed by atoms with Crippen LogP contribution < -0.4 is 15.8 Å². The number of nitrogens with two attached hydrogens (primary N) is 1. The van der Waals surface area contributed by atoms with Crippen LogP contribution in [0, 0.1) is 12.8 Å². The summed E-state index contributed by atoms with van der Waals surface area (Å²) < 4.78 is 6.22. The van der Waals surface area contributed by atoms with Crippen molar-refractivity contribution in [2.75, 3.05) is 11.9 Å². The van der Waals surface area contributed by atoms with Gasteiger partial charge >= 0.3 is 0 Å². The lowest BCUT2D eigenvalue weighted by molar-refractivity contribution is -0.119. The molecule has 0 aromatic heterocycles. The van der Waals surface area contributed by atoms with E-state index in [-0.39, 0.29) is 23.3 Å². The predicted molar refractivity (Wildman–Crippen MR) is 79.2 cm³/mol. The zero-order valence-corrected chi connectivity index (χ0v) is 12.5. The summed E-state index contributed by atoms with van der Waals surface area (Å²) in [5.41, 5.74) is 9.95. The molecule has 1 aromatic carbocycles. The van der Waals surface area contributed by atoms with Crippen LogP contribution in [0.3, 0.4) is 0 Å². The number of benzene rings is 1. The van der Waals surface area contributed by atoms with Gasteiger partial charge in [0.1, 0.15) is 11.4 Å². The summed E-state index contributed by atoms with van der Waals surface area (Å²) in [6.07, 6.45) is 0.735. The predicted octanol–water partition coefficient (Wildman–Crippen LogP) is 2.34. The SMILES string of the molecule is Cc1cc2c(c3c1NC(=O)C(C)C3)OC(C)(CN)C2C. The average Bonchev–Trinajstić information content (AvgIpc) is 2.67. The molecule has 0 bridgehead atoms. The van der Waals surface area contributed by atoms with Gasteiger partial charge in [0.05, 0.1) is 5.69 Å². The highest BCUT2D eigenvalue weighted by molar-refractivity contribution is 5.97. The van der Waals surface area contributed by atoms with E-state index in [4.69, 9.17) is 10.5 Å². The summed E-state index contributed by atoms with van der Waals surface area (Å²) >= 11 is 0.